The predicted molar refractivity (Wildman–Crippen MR) is 89.9 cm³/mol. The lowest BCUT2D eigenvalue weighted by Crippen LogP contribution is -2.36. The number of hydrogen-bond donors (Lipinski definition) is 1. The Hall–Kier alpha value is -0.730. The van der Waals surface area contributed by atoms with E-state index in [1.807, 2.05) is 0 Å². The summed E-state index contributed by atoms with van der Waals surface area (Å²) in [6.45, 7) is 6.64. The molecule has 2 rings (SSSR count). The van der Waals surface area contributed by atoms with Crippen LogP contribution in [0, 0.1) is 23.7 Å². The maximum atomic E-state index is 12.7. The zero-order chi connectivity index (χ0) is 15.6. The first kappa shape index (κ1) is 16.6. The fourth-order valence-corrected chi connectivity index (χ4v) is 3.78. The first-order valence-corrected chi connectivity index (χ1v) is 8.40. The maximum absolute atomic E-state index is 12.7. The summed E-state index contributed by atoms with van der Waals surface area (Å²) in [5.41, 5.74) is 0.645. The predicted octanol–water partition coefficient (Wildman–Crippen LogP) is 5.64. The van der Waals surface area contributed by atoms with Gasteiger partial charge in [-0.1, -0.05) is 50.4 Å². The minimum absolute atomic E-state index is 0.0699. The van der Waals surface area contributed by atoms with Gasteiger partial charge in [-0.15, -0.1) is 0 Å². The number of benzene rings is 1. The van der Waals surface area contributed by atoms with Crippen molar-refractivity contribution in [3.63, 3.8) is 0 Å². The van der Waals surface area contributed by atoms with Crippen molar-refractivity contribution >= 4 is 34.8 Å². The number of anilines is 1. The van der Waals surface area contributed by atoms with Crippen LogP contribution in [0.2, 0.25) is 10.0 Å². The van der Waals surface area contributed by atoms with Gasteiger partial charge in [-0.25, -0.2) is 0 Å². The van der Waals surface area contributed by atoms with Gasteiger partial charge in [-0.3, -0.25) is 4.79 Å². The molecule has 1 aromatic carbocycles. The molecule has 1 aliphatic rings. The number of rotatable bonds is 3. The number of nitrogens with one attached hydrogen (secondary N) is 1. The van der Waals surface area contributed by atoms with Crippen LogP contribution in [0.25, 0.3) is 0 Å². The molecule has 1 N–H and O–H groups in total. The zero-order valence-electron chi connectivity index (χ0n) is 12.8. The highest BCUT2D eigenvalue weighted by Crippen LogP contribution is 2.39. The van der Waals surface area contributed by atoms with Gasteiger partial charge in [0.15, 0.2) is 0 Å². The van der Waals surface area contributed by atoms with Crippen LogP contribution >= 0.6 is 23.2 Å². The van der Waals surface area contributed by atoms with E-state index in [1.165, 1.54) is 6.42 Å². The van der Waals surface area contributed by atoms with Crippen LogP contribution in [0.4, 0.5) is 5.69 Å². The Bertz CT molecular complexity index is 516. The van der Waals surface area contributed by atoms with Crippen molar-refractivity contribution in [1.29, 1.82) is 0 Å². The fraction of sp³-hybridized carbons (Fsp3) is 0.588. The summed E-state index contributed by atoms with van der Waals surface area (Å²) in [5, 5.41) is 4.04. The Morgan fingerprint density at radius 3 is 2.62 bits per heavy atom. The van der Waals surface area contributed by atoms with Gasteiger partial charge < -0.3 is 5.32 Å². The highest BCUT2D eigenvalue weighted by molar-refractivity contribution is 6.36. The van der Waals surface area contributed by atoms with Gasteiger partial charge in [0.1, 0.15) is 0 Å². The second-order valence-corrected chi connectivity index (χ2v) is 7.39. The van der Waals surface area contributed by atoms with Crippen LogP contribution in [0.15, 0.2) is 18.2 Å². The molecular formula is C17H23Cl2NO. The fourth-order valence-electron chi connectivity index (χ4n) is 3.32. The number of halogens is 2. The molecule has 0 unspecified atom stereocenters. The van der Waals surface area contributed by atoms with E-state index in [2.05, 4.69) is 26.1 Å². The lowest BCUT2D eigenvalue weighted by Gasteiger charge is -2.36. The van der Waals surface area contributed by atoms with Crippen LogP contribution < -0.4 is 5.32 Å². The Kier molecular flexibility index (Phi) is 5.56. The number of hydrogen-bond acceptors (Lipinski definition) is 1. The van der Waals surface area contributed by atoms with Crippen LogP contribution in [0.5, 0.6) is 0 Å². The van der Waals surface area contributed by atoms with E-state index in [0.29, 0.717) is 33.5 Å². The van der Waals surface area contributed by atoms with Crippen molar-refractivity contribution in [2.45, 2.75) is 40.0 Å². The van der Waals surface area contributed by atoms with Crippen molar-refractivity contribution in [2.24, 2.45) is 23.7 Å². The minimum atomic E-state index is 0.0699. The second kappa shape index (κ2) is 7.02. The van der Waals surface area contributed by atoms with Gasteiger partial charge in [-0.05, 0) is 48.8 Å². The summed E-state index contributed by atoms with van der Waals surface area (Å²) in [7, 11) is 0. The number of carbonyl (C=O) groups is 1. The molecule has 1 aromatic rings. The maximum Gasteiger partial charge on any atom is 0.227 e. The van der Waals surface area contributed by atoms with Gasteiger partial charge in [0.2, 0.25) is 5.91 Å². The topological polar surface area (TPSA) is 29.1 Å². The van der Waals surface area contributed by atoms with E-state index in [4.69, 9.17) is 23.2 Å². The minimum Gasteiger partial charge on any atom is -0.325 e. The van der Waals surface area contributed by atoms with Gasteiger partial charge >= 0.3 is 0 Å². The highest BCUT2D eigenvalue weighted by Gasteiger charge is 2.35. The van der Waals surface area contributed by atoms with E-state index in [0.717, 1.165) is 12.8 Å². The number of amides is 1. The molecule has 4 heteroatoms. The molecular weight excluding hydrogens is 305 g/mol. The van der Waals surface area contributed by atoms with Crippen molar-refractivity contribution in [2.75, 3.05) is 5.32 Å². The summed E-state index contributed by atoms with van der Waals surface area (Å²) < 4.78 is 0. The molecule has 0 saturated heterocycles. The summed E-state index contributed by atoms with van der Waals surface area (Å²) >= 11 is 12.0. The van der Waals surface area contributed by atoms with Crippen molar-refractivity contribution in [3.8, 4) is 0 Å². The Balaban J connectivity index is 2.13. The van der Waals surface area contributed by atoms with Crippen LogP contribution in [-0.4, -0.2) is 5.91 Å². The molecule has 0 heterocycles. The quantitative estimate of drug-likeness (QED) is 0.764. The van der Waals surface area contributed by atoms with Crippen LogP contribution in [0.3, 0.4) is 0 Å². The largest absolute Gasteiger partial charge is 0.325 e. The SMILES string of the molecule is CC(C)[C@@H]1CC[C@@H](C)C[C@H]1C(=O)Nc1ccc(Cl)cc1Cl. The summed E-state index contributed by atoms with van der Waals surface area (Å²) in [4.78, 5) is 12.7. The van der Waals surface area contributed by atoms with E-state index in [-0.39, 0.29) is 11.8 Å². The van der Waals surface area contributed by atoms with Crippen molar-refractivity contribution < 1.29 is 4.79 Å². The van der Waals surface area contributed by atoms with E-state index in [1.54, 1.807) is 18.2 Å². The Morgan fingerprint density at radius 1 is 1.29 bits per heavy atom. The molecule has 21 heavy (non-hydrogen) atoms. The average Bonchev–Trinajstić information content (AvgIpc) is 2.41. The van der Waals surface area contributed by atoms with Crippen LogP contribution in [0.1, 0.15) is 40.0 Å². The molecule has 3 atom stereocenters. The lowest BCUT2D eigenvalue weighted by atomic mass is 9.70. The summed E-state index contributed by atoms with van der Waals surface area (Å²) in [6.07, 6.45) is 3.31. The van der Waals surface area contributed by atoms with Gasteiger partial charge in [0.25, 0.3) is 0 Å². The third kappa shape index (κ3) is 4.14. The zero-order valence-corrected chi connectivity index (χ0v) is 14.3. The van der Waals surface area contributed by atoms with E-state index < -0.39 is 0 Å². The molecule has 1 aliphatic carbocycles. The smallest absolute Gasteiger partial charge is 0.227 e. The van der Waals surface area contributed by atoms with E-state index >= 15 is 0 Å². The monoisotopic (exact) mass is 327 g/mol. The number of carbonyl (C=O) groups excluding carboxylic acids is 1. The van der Waals surface area contributed by atoms with Gasteiger partial charge in [-0.2, -0.15) is 0 Å². The highest BCUT2D eigenvalue weighted by atomic mass is 35.5. The molecule has 116 valence electrons. The molecule has 0 bridgehead atoms. The standard InChI is InChI=1S/C17H23Cl2NO/c1-10(2)13-6-4-11(3)8-14(13)17(21)20-16-7-5-12(18)9-15(16)19/h5,7,9-11,13-14H,4,6,8H2,1-3H3,(H,20,21)/t11-,13+,14-/m1/s1. The normalized spacial score (nSPS) is 25.9. The summed E-state index contributed by atoms with van der Waals surface area (Å²) in [6, 6.07) is 5.16. The van der Waals surface area contributed by atoms with Crippen LogP contribution in [-0.2, 0) is 4.79 Å². The third-order valence-electron chi connectivity index (χ3n) is 4.55. The van der Waals surface area contributed by atoms with Gasteiger partial charge in [0.05, 0.1) is 10.7 Å². The van der Waals surface area contributed by atoms with Crippen molar-refractivity contribution in [1.82, 2.24) is 0 Å². The molecule has 1 fully saturated rings. The van der Waals surface area contributed by atoms with E-state index in [9.17, 15) is 4.79 Å². The first-order valence-electron chi connectivity index (χ1n) is 7.64. The lowest BCUT2D eigenvalue weighted by molar-refractivity contribution is -0.123. The molecule has 1 saturated carbocycles. The summed E-state index contributed by atoms with van der Waals surface area (Å²) in [5.74, 6) is 1.74. The Morgan fingerprint density at radius 2 is 2.00 bits per heavy atom. The molecule has 2 nitrogen and oxygen atoms in total. The molecule has 0 aliphatic heterocycles. The first-order chi connectivity index (χ1) is 9.88. The average molecular weight is 328 g/mol. The molecule has 0 aromatic heterocycles. The third-order valence-corrected chi connectivity index (χ3v) is 5.10. The van der Waals surface area contributed by atoms with Crippen molar-refractivity contribution in [3.05, 3.63) is 28.2 Å². The molecule has 0 radical (unpaired) electrons. The molecule has 0 spiro atoms. The second-order valence-electron chi connectivity index (χ2n) is 6.55. The van der Waals surface area contributed by atoms with Gasteiger partial charge in [0, 0.05) is 10.9 Å². The Labute approximate surface area is 137 Å². The molecule has 1 amide bonds.